The van der Waals surface area contributed by atoms with Gasteiger partial charge in [0.2, 0.25) is 0 Å². The molecule has 1 atom stereocenters. The van der Waals surface area contributed by atoms with Crippen LogP contribution in [0.25, 0.3) is 0 Å². The van der Waals surface area contributed by atoms with Gasteiger partial charge in [-0.2, -0.15) is 5.26 Å². The molecule has 1 saturated heterocycles. The van der Waals surface area contributed by atoms with Crippen LogP contribution in [0, 0.1) is 21.4 Å². The fraction of sp³-hybridized carbons (Fsp3) is 0.364. The Morgan fingerprint density at radius 1 is 1.56 bits per heavy atom. The van der Waals surface area contributed by atoms with E-state index < -0.39 is 4.92 Å². The second kappa shape index (κ2) is 4.19. The van der Waals surface area contributed by atoms with Crippen molar-refractivity contribution in [2.45, 2.75) is 18.9 Å². The predicted molar refractivity (Wildman–Crippen MR) is 59.1 cm³/mol. The fourth-order valence-corrected chi connectivity index (χ4v) is 2.00. The number of hydrogen-bond acceptors (Lipinski definition) is 4. The zero-order valence-corrected chi connectivity index (χ0v) is 8.67. The number of non-ortho nitro benzene ring substituents is 1. The van der Waals surface area contributed by atoms with Crippen LogP contribution in [0.4, 0.5) is 11.4 Å². The van der Waals surface area contributed by atoms with Gasteiger partial charge in [0.05, 0.1) is 11.0 Å². The summed E-state index contributed by atoms with van der Waals surface area (Å²) < 4.78 is 0. The molecule has 0 radical (unpaired) electrons. The summed E-state index contributed by atoms with van der Waals surface area (Å²) in [6, 6.07) is 8.51. The normalized spacial score (nSPS) is 19.4. The van der Waals surface area contributed by atoms with Crippen molar-refractivity contribution in [2.24, 2.45) is 0 Å². The van der Waals surface area contributed by atoms with Gasteiger partial charge in [0.1, 0.15) is 6.04 Å². The zero-order valence-electron chi connectivity index (χ0n) is 8.67. The molecule has 1 heterocycles. The van der Waals surface area contributed by atoms with E-state index in [0.29, 0.717) is 0 Å². The minimum atomic E-state index is -0.416. The Balaban J connectivity index is 2.30. The van der Waals surface area contributed by atoms with Gasteiger partial charge in [0.15, 0.2) is 0 Å². The van der Waals surface area contributed by atoms with Gasteiger partial charge in [-0.3, -0.25) is 10.1 Å². The predicted octanol–water partition coefficient (Wildman–Crippen LogP) is 2.09. The molecule has 0 bridgehead atoms. The van der Waals surface area contributed by atoms with Crippen LogP contribution in [0.2, 0.25) is 0 Å². The molecule has 1 aromatic rings. The van der Waals surface area contributed by atoms with Crippen LogP contribution in [-0.4, -0.2) is 17.5 Å². The monoisotopic (exact) mass is 217 g/mol. The van der Waals surface area contributed by atoms with Crippen molar-refractivity contribution in [3.8, 4) is 6.07 Å². The van der Waals surface area contributed by atoms with Crippen LogP contribution >= 0.6 is 0 Å². The maximum atomic E-state index is 10.6. The molecule has 0 N–H and O–H groups in total. The maximum absolute atomic E-state index is 10.6. The number of nitrogens with zero attached hydrogens (tertiary/aromatic N) is 3. The summed E-state index contributed by atoms with van der Waals surface area (Å²) in [5.41, 5.74) is 0.833. The minimum Gasteiger partial charge on any atom is -0.355 e. The third-order valence-electron chi connectivity index (χ3n) is 2.77. The van der Waals surface area contributed by atoms with Crippen LogP contribution in [-0.2, 0) is 0 Å². The number of nitro benzene ring substituents is 1. The fourth-order valence-electron chi connectivity index (χ4n) is 2.00. The van der Waals surface area contributed by atoms with Crippen molar-refractivity contribution < 1.29 is 4.92 Å². The lowest BCUT2D eigenvalue weighted by Gasteiger charge is -2.21. The molecule has 0 amide bonds. The molecular weight excluding hydrogens is 206 g/mol. The molecule has 0 aromatic heterocycles. The highest BCUT2D eigenvalue weighted by Gasteiger charge is 2.25. The van der Waals surface area contributed by atoms with Crippen molar-refractivity contribution in [2.75, 3.05) is 11.4 Å². The molecule has 1 fully saturated rings. The Morgan fingerprint density at radius 3 is 3.06 bits per heavy atom. The molecule has 2 rings (SSSR count). The highest BCUT2D eigenvalue weighted by atomic mass is 16.6. The number of anilines is 1. The van der Waals surface area contributed by atoms with Crippen LogP contribution in [0.15, 0.2) is 24.3 Å². The van der Waals surface area contributed by atoms with E-state index in [9.17, 15) is 10.1 Å². The summed E-state index contributed by atoms with van der Waals surface area (Å²) in [6.45, 7) is 0.791. The van der Waals surface area contributed by atoms with Gasteiger partial charge in [0.25, 0.3) is 5.69 Å². The molecule has 5 nitrogen and oxygen atoms in total. The molecule has 0 aliphatic carbocycles. The molecule has 1 unspecified atom stereocenters. The Hall–Kier alpha value is -2.09. The summed E-state index contributed by atoms with van der Waals surface area (Å²) in [5.74, 6) is 0. The Morgan fingerprint density at radius 2 is 2.38 bits per heavy atom. The van der Waals surface area contributed by atoms with Gasteiger partial charge in [-0.15, -0.1) is 0 Å². The average molecular weight is 217 g/mol. The Kier molecular flexibility index (Phi) is 2.73. The van der Waals surface area contributed by atoms with Gasteiger partial charge in [-0.05, 0) is 18.9 Å². The number of rotatable bonds is 2. The van der Waals surface area contributed by atoms with E-state index in [2.05, 4.69) is 6.07 Å². The first-order valence-electron chi connectivity index (χ1n) is 5.13. The first kappa shape index (κ1) is 10.4. The maximum Gasteiger partial charge on any atom is 0.271 e. The van der Waals surface area contributed by atoms with Crippen molar-refractivity contribution in [3.63, 3.8) is 0 Å². The quantitative estimate of drug-likeness (QED) is 0.561. The third kappa shape index (κ3) is 1.82. The van der Waals surface area contributed by atoms with Crippen LogP contribution in [0.5, 0.6) is 0 Å². The van der Waals surface area contributed by atoms with Crippen molar-refractivity contribution in [3.05, 3.63) is 34.4 Å². The first-order valence-corrected chi connectivity index (χ1v) is 5.13. The van der Waals surface area contributed by atoms with Crippen molar-refractivity contribution in [1.82, 2.24) is 0 Å². The number of benzene rings is 1. The van der Waals surface area contributed by atoms with Gasteiger partial charge in [0, 0.05) is 24.4 Å². The standard InChI is InChI=1S/C11H11N3O2/c12-8-11-5-2-6-13(11)9-3-1-4-10(7-9)14(15)16/h1,3-4,7,11H,2,5-6H2. The molecule has 82 valence electrons. The lowest BCUT2D eigenvalue weighted by molar-refractivity contribution is -0.384. The molecule has 0 spiro atoms. The molecule has 16 heavy (non-hydrogen) atoms. The van der Waals surface area contributed by atoms with E-state index in [1.807, 2.05) is 11.0 Å². The molecule has 1 aromatic carbocycles. The van der Waals surface area contributed by atoms with Crippen LogP contribution < -0.4 is 4.90 Å². The molecule has 1 aliphatic heterocycles. The first-order chi connectivity index (χ1) is 7.72. The molecule has 5 heteroatoms. The van der Waals surface area contributed by atoms with Crippen LogP contribution in [0.3, 0.4) is 0 Å². The smallest absolute Gasteiger partial charge is 0.271 e. The van der Waals surface area contributed by atoms with Gasteiger partial charge in [-0.25, -0.2) is 0 Å². The molecule has 0 saturated carbocycles. The van der Waals surface area contributed by atoms with E-state index in [4.69, 9.17) is 5.26 Å². The van der Waals surface area contributed by atoms with E-state index in [0.717, 1.165) is 25.1 Å². The molecule has 1 aliphatic rings. The van der Waals surface area contributed by atoms with Gasteiger partial charge in [-0.1, -0.05) is 6.07 Å². The largest absolute Gasteiger partial charge is 0.355 e. The summed E-state index contributed by atoms with van der Waals surface area (Å²) in [4.78, 5) is 12.1. The van der Waals surface area contributed by atoms with E-state index in [-0.39, 0.29) is 11.7 Å². The Bertz CT molecular complexity index is 453. The topological polar surface area (TPSA) is 70.2 Å². The average Bonchev–Trinajstić information content (AvgIpc) is 2.77. The summed E-state index contributed by atoms with van der Waals surface area (Å²) >= 11 is 0. The second-order valence-corrected chi connectivity index (χ2v) is 3.76. The van der Waals surface area contributed by atoms with Gasteiger partial charge >= 0.3 is 0 Å². The summed E-state index contributed by atoms with van der Waals surface area (Å²) in [6.07, 6.45) is 1.79. The number of nitro groups is 1. The zero-order chi connectivity index (χ0) is 11.5. The SMILES string of the molecule is N#CC1CCCN1c1cccc([N+](=O)[O-])c1. The molecular formula is C11H11N3O2. The summed E-state index contributed by atoms with van der Waals surface area (Å²) in [5, 5.41) is 19.6. The highest BCUT2D eigenvalue weighted by molar-refractivity contribution is 5.55. The highest BCUT2D eigenvalue weighted by Crippen LogP contribution is 2.27. The lowest BCUT2D eigenvalue weighted by atomic mass is 10.2. The second-order valence-electron chi connectivity index (χ2n) is 3.76. The Labute approximate surface area is 93.1 Å². The lowest BCUT2D eigenvalue weighted by Crippen LogP contribution is -2.27. The number of nitriles is 1. The van der Waals surface area contributed by atoms with E-state index >= 15 is 0 Å². The van der Waals surface area contributed by atoms with Crippen LogP contribution in [0.1, 0.15) is 12.8 Å². The van der Waals surface area contributed by atoms with Crippen molar-refractivity contribution >= 4 is 11.4 Å². The summed E-state index contributed by atoms with van der Waals surface area (Å²) in [7, 11) is 0. The van der Waals surface area contributed by atoms with E-state index in [1.54, 1.807) is 6.07 Å². The third-order valence-corrected chi connectivity index (χ3v) is 2.77. The van der Waals surface area contributed by atoms with E-state index in [1.165, 1.54) is 12.1 Å². The van der Waals surface area contributed by atoms with Gasteiger partial charge < -0.3 is 4.90 Å². The number of hydrogen-bond donors (Lipinski definition) is 0. The minimum absolute atomic E-state index is 0.0705. The van der Waals surface area contributed by atoms with Crippen molar-refractivity contribution in [1.29, 1.82) is 5.26 Å².